The third-order valence-corrected chi connectivity index (χ3v) is 2.54. The highest BCUT2D eigenvalue weighted by molar-refractivity contribution is 6.03. The van der Waals surface area contributed by atoms with Crippen molar-refractivity contribution in [3.63, 3.8) is 0 Å². The monoisotopic (exact) mass is 260 g/mol. The summed E-state index contributed by atoms with van der Waals surface area (Å²) < 4.78 is 10.7. The summed E-state index contributed by atoms with van der Waals surface area (Å²) in [6.45, 7) is 5.87. The lowest BCUT2D eigenvalue weighted by Gasteiger charge is -2.10. The minimum Gasteiger partial charge on any atom is -0.492 e. The van der Waals surface area contributed by atoms with Crippen LogP contribution in [0.1, 0.15) is 29.1 Å². The van der Waals surface area contributed by atoms with Gasteiger partial charge >= 0.3 is 0 Å². The van der Waals surface area contributed by atoms with Crippen molar-refractivity contribution >= 4 is 11.6 Å². The minimum absolute atomic E-state index is 0.226. The second-order valence-corrected chi connectivity index (χ2v) is 4.03. The number of amides is 1. The number of ether oxygens (including phenoxy) is 1. The van der Waals surface area contributed by atoms with Gasteiger partial charge in [-0.25, -0.2) is 4.98 Å². The number of anilines is 1. The van der Waals surface area contributed by atoms with E-state index in [4.69, 9.17) is 9.15 Å². The Hall–Kier alpha value is -2.30. The molecule has 1 amide bonds. The Morgan fingerprint density at radius 1 is 1.37 bits per heavy atom. The zero-order valence-electron chi connectivity index (χ0n) is 11.2. The van der Waals surface area contributed by atoms with Crippen LogP contribution < -0.4 is 10.1 Å². The van der Waals surface area contributed by atoms with Crippen molar-refractivity contribution in [2.45, 2.75) is 20.8 Å². The van der Waals surface area contributed by atoms with E-state index in [-0.39, 0.29) is 11.7 Å². The highest BCUT2D eigenvalue weighted by atomic mass is 16.5. The summed E-state index contributed by atoms with van der Waals surface area (Å²) in [6.07, 6.45) is 0. The summed E-state index contributed by atoms with van der Waals surface area (Å²) in [5, 5.41) is 2.77. The summed E-state index contributed by atoms with van der Waals surface area (Å²) in [5.41, 5.74) is 1.19. The first-order valence-electron chi connectivity index (χ1n) is 6.09. The molecule has 0 saturated heterocycles. The smallest absolute Gasteiger partial charge is 0.293 e. The van der Waals surface area contributed by atoms with Crippen LogP contribution in [-0.2, 0) is 0 Å². The Bertz CT molecular complexity index is 590. The van der Waals surface area contributed by atoms with Crippen molar-refractivity contribution in [2.75, 3.05) is 11.9 Å². The second kappa shape index (κ2) is 5.56. The summed E-state index contributed by atoms with van der Waals surface area (Å²) in [4.78, 5) is 16.2. The largest absolute Gasteiger partial charge is 0.492 e. The average molecular weight is 260 g/mol. The summed E-state index contributed by atoms with van der Waals surface area (Å²) >= 11 is 0. The van der Waals surface area contributed by atoms with E-state index in [1.54, 1.807) is 26.0 Å². The highest BCUT2D eigenvalue weighted by Crippen LogP contribution is 2.24. The fraction of sp³-hybridized carbons (Fsp3) is 0.286. The van der Waals surface area contributed by atoms with Gasteiger partial charge in [0.1, 0.15) is 5.75 Å². The molecule has 1 N–H and O–H groups in total. The Morgan fingerprint density at radius 3 is 2.74 bits per heavy atom. The first kappa shape index (κ1) is 13.1. The number of hydrogen-bond donors (Lipinski definition) is 1. The van der Waals surface area contributed by atoms with Gasteiger partial charge in [-0.05, 0) is 26.0 Å². The number of rotatable bonds is 4. The van der Waals surface area contributed by atoms with E-state index in [2.05, 4.69) is 10.3 Å². The SMILES string of the molecule is CCOc1ccccc1NC(=O)c1oc(C)nc1C. The molecule has 5 heteroatoms. The van der Waals surface area contributed by atoms with Gasteiger partial charge in [-0.3, -0.25) is 4.79 Å². The van der Waals surface area contributed by atoms with Crippen LogP contribution in [0, 0.1) is 13.8 Å². The van der Waals surface area contributed by atoms with Gasteiger partial charge < -0.3 is 14.5 Å². The molecule has 1 aromatic carbocycles. The molecule has 0 atom stereocenters. The third-order valence-electron chi connectivity index (χ3n) is 2.54. The molecule has 1 aromatic heterocycles. The van der Waals surface area contributed by atoms with E-state index in [0.717, 1.165) is 0 Å². The maximum Gasteiger partial charge on any atom is 0.293 e. The summed E-state index contributed by atoms with van der Waals surface area (Å²) in [7, 11) is 0. The molecule has 0 saturated carbocycles. The molecule has 0 aliphatic rings. The molecular formula is C14H16N2O3. The number of nitrogens with one attached hydrogen (secondary N) is 1. The summed E-state index contributed by atoms with van der Waals surface area (Å²) in [5.74, 6) is 1.00. The molecule has 0 fully saturated rings. The van der Waals surface area contributed by atoms with Gasteiger partial charge in [0.05, 0.1) is 18.0 Å². The minimum atomic E-state index is -0.328. The predicted octanol–water partition coefficient (Wildman–Crippen LogP) is 2.94. The van der Waals surface area contributed by atoms with Crippen LogP contribution in [0.3, 0.4) is 0 Å². The van der Waals surface area contributed by atoms with Crippen molar-refractivity contribution in [2.24, 2.45) is 0 Å². The van der Waals surface area contributed by atoms with Crippen LogP contribution in [0.4, 0.5) is 5.69 Å². The molecule has 0 radical (unpaired) electrons. The first-order valence-corrected chi connectivity index (χ1v) is 6.09. The van der Waals surface area contributed by atoms with E-state index in [1.807, 2.05) is 19.1 Å². The normalized spacial score (nSPS) is 10.3. The van der Waals surface area contributed by atoms with Crippen molar-refractivity contribution < 1.29 is 13.9 Å². The Labute approximate surface area is 111 Å². The number of nitrogens with zero attached hydrogens (tertiary/aromatic N) is 1. The zero-order chi connectivity index (χ0) is 13.8. The van der Waals surface area contributed by atoms with E-state index < -0.39 is 0 Å². The van der Waals surface area contributed by atoms with Gasteiger partial charge in [0.15, 0.2) is 5.89 Å². The average Bonchev–Trinajstić information content (AvgIpc) is 2.71. The van der Waals surface area contributed by atoms with Gasteiger partial charge in [-0.1, -0.05) is 12.1 Å². The third kappa shape index (κ3) is 2.93. The molecule has 5 nitrogen and oxygen atoms in total. The van der Waals surface area contributed by atoms with Crippen LogP contribution in [0.5, 0.6) is 5.75 Å². The predicted molar refractivity (Wildman–Crippen MR) is 71.5 cm³/mol. The lowest BCUT2D eigenvalue weighted by molar-refractivity contribution is 0.0994. The number of benzene rings is 1. The lowest BCUT2D eigenvalue weighted by atomic mass is 10.2. The lowest BCUT2D eigenvalue weighted by Crippen LogP contribution is -2.13. The van der Waals surface area contributed by atoms with Crippen LogP contribution in [0.15, 0.2) is 28.7 Å². The number of aromatic nitrogens is 1. The first-order chi connectivity index (χ1) is 9.11. The second-order valence-electron chi connectivity index (χ2n) is 4.03. The van der Waals surface area contributed by atoms with E-state index in [1.165, 1.54) is 0 Å². The van der Waals surface area contributed by atoms with Crippen LogP contribution in [-0.4, -0.2) is 17.5 Å². The molecule has 2 aromatic rings. The molecular weight excluding hydrogens is 244 g/mol. The Kier molecular flexibility index (Phi) is 3.85. The van der Waals surface area contributed by atoms with Crippen molar-refractivity contribution in [1.29, 1.82) is 0 Å². The van der Waals surface area contributed by atoms with Gasteiger partial charge in [0.25, 0.3) is 5.91 Å². The maximum atomic E-state index is 12.1. The molecule has 0 aliphatic heterocycles. The van der Waals surface area contributed by atoms with Gasteiger partial charge in [0, 0.05) is 6.92 Å². The fourth-order valence-electron chi connectivity index (χ4n) is 1.77. The number of hydrogen-bond acceptors (Lipinski definition) is 4. The quantitative estimate of drug-likeness (QED) is 0.918. The maximum absolute atomic E-state index is 12.1. The molecule has 1 heterocycles. The number of para-hydroxylation sites is 2. The van der Waals surface area contributed by atoms with Gasteiger partial charge in [0.2, 0.25) is 5.76 Å². The van der Waals surface area contributed by atoms with Crippen LogP contribution >= 0.6 is 0 Å². The Morgan fingerprint density at radius 2 is 2.11 bits per heavy atom. The van der Waals surface area contributed by atoms with Gasteiger partial charge in [-0.2, -0.15) is 0 Å². The zero-order valence-corrected chi connectivity index (χ0v) is 11.2. The number of aryl methyl sites for hydroxylation is 2. The van der Waals surface area contributed by atoms with E-state index in [9.17, 15) is 4.79 Å². The molecule has 0 bridgehead atoms. The molecule has 0 aliphatic carbocycles. The topological polar surface area (TPSA) is 64.4 Å². The number of oxazole rings is 1. The number of carbonyl (C=O) groups excluding carboxylic acids is 1. The van der Waals surface area contributed by atoms with Crippen LogP contribution in [0.25, 0.3) is 0 Å². The molecule has 100 valence electrons. The van der Waals surface area contributed by atoms with E-state index >= 15 is 0 Å². The molecule has 0 spiro atoms. The van der Waals surface area contributed by atoms with Crippen molar-refractivity contribution in [3.05, 3.63) is 41.6 Å². The molecule has 0 unspecified atom stereocenters. The fourth-order valence-corrected chi connectivity index (χ4v) is 1.77. The Balaban J connectivity index is 2.21. The summed E-state index contributed by atoms with van der Waals surface area (Å²) in [6, 6.07) is 7.26. The van der Waals surface area contributed by atoms with Crippen molar-refractivity contribution in [1.82, 2.24) is 4.98 Å². The molecule has 2 rings (SSSR count). The highest BCUT2D eigenvalue weighted by Gasteiger charge is 2.17. The number of carbonyl (C=O) groups is 1. The molecule has 19 heavy (non-hydrogen) atoms. The van der Waals surface area contributed by atoms with Gasteiger partial charge in [-0.15, -0.1) is 0 Å². The van der Waals surface area contributed by atoms with Crippen LogP contribution in [0.2, 0.25) is 0 Å². The van der Waals surface area contributed by atoms with Crippen molar-refractivity contribution in [3.8, 4) is 5.75 Å². The standard InChI is InChI=1S/C14H16N2O3/c1-4-18-12-8-6-5-7-11(12)16-14(17)13-9(2)15-10(3)19-13/h5-8H,4H2,1-3H3,(H,16,17). The van der Waals surface area contributed by atoms with E-state index in [0.29, 0.717) is 29.6 Å².